The first kappa shape index (κ1) is 24.4. The van der Waals surface area contributed by atoms with Gasteiger partial charge in [0.2, 0.25) is 0 Å². The molecule has 2 nitrogen and oxygen atoms in total. The number of hydrogen-bond donors (Lipinski definition) is 0. The fourth-order valence-corrected chi connectivity index (χ4v) is 4.73. The van der Waals surface area contributed by atoms with Crippen molar-refractivity contribution in [2.45, 2.75) is 0 Å². The van der Waals surface area contributed by atoms with Gasteiger partial charge in [0, 0.05) is 8.45 Å². The van der Waals surface area contributed by atoms with Gasteiger partial charge < -0.3 is 9.47 Å². The van der Waals surface area contributed by atoms with Crippen LogP contribution in [-0.4, -0.2) is 14.2 Å². The van der Waals surface area contributed by atoms with E-state index >= 15 is 0 Å². The molecular weight excluding hydrogens is 647 g/mol. The third-order valence-electron chi connectivity index (χ3n) is 3.48. The van der Waals surface area contributed by atoms with Crippen LogP contribution in [-0.2, 0) is 0 Å². The first-order valence-electron chi connectivity index (χ1n) is 8.40. The molecule has 0 radical (unpaired) electrons. The van der Waals surface area contributed by atoms with Crippen molar-refractivity contribution < 1.29 is 9.47 Å². The summed E-state index contributed by atoms with van der Waals surface area (Å²) >= 11 is 12.4. The van der Waals surface area contributed by atoms with E-state index in [4.69, 9.17) is 9.47 Å². The van der Waals surface area contributed by atoms with E-state index in [1.165, 1.54) is 17.8 Å². The van der Waals surface area contributed by atoms with Crippen LogP contribution in [0.2, 0.25) is 0 Å². The van der Waals surface area contributed by atoms with Gasteiger partial charge in [0.25, 0.3) is 0 Å². The lowest BCUT2D eigenvalue weighted by Crippen LogP contribution is -1.81. The summed E-state index contributed by atoms with van der Waals surface area (Å²) in [6, 6.07) is 24.2. The summed E-state index contributed by atoms with van der Waals surface area (Å²) in [6.45, 7) is 0. The van der Waals surface area contributed by atoms with Gasteiger partial charge in [-0.2, -0.15) is 0 Å². The highest BCUT2D eigenvalue weighted by atomic mass is 127. The van der Waals surface area contributed by atoms with Crippen molar-refractivity contribution in [2.75, 3.05) is 14.2 Å². The van der Waals surface area contributed by atoms with Gasteiger partial charge in [0.1, 0.15) is 11.5 Å². The summed E-state index contributed by atoms with van der Waals surface area (Å²) in [7, 11) is 3.35. The van der Waals surface area contributed by atoms with E-state index in [0.717, 1.165) is 15.3 Å². The van der Waals surface area contributed by atoms with Gasteiger partial charge in [-0.15, -0.1) is 22.7 Å². The van der Waals surface area contributed by atoms with Crippen LogP contribution in [0.25, 0.3) is 10.4 Å². The lowest BCUT2D eigenvalue weighted by Gasteiger charge is -2.00. The monoisotopic (exact) mass is 664 g/mol. The van der Waals surface area contributed by atoms with E-state index in [9.17, 15) is 0 Å². The van der Waals surface area contributed by atoms with Gasteiger partial charge >= 0.3 is 0 Å². The standard InChI is InChI=1S/C11H9BrOS.C7H7IO.C4H3BrS/c1-13-9-4-2-8(3-5-9)10-6-7-11(12)14-10;1-9-7-4-2-6(8)3-5-7;5-4-2-1-3-6-4/h2-7H,1H3;2-5H,1H3;1-3H. The average Bonchev–Trinajstić information content (AvgIpc) is 3.41. The largest absolute Gasteiger partial charge is 0.497 e. The van der Waals surface area contributed by atoms with Crippen molar-refractivity contribution in [3.8, 4) is 21.9 Å². The molecule has 4 aromatic rings. The van der Waals surface area contributed by atoms with Crippen LogP contribution in [0, 0.1) is 3.57 Å². The average molecular weight is 666 g/mol. The maximum absolute atomic E-state index is 5.10. The Morgan fingerprint density at radius 2 is 1.31 bits per heavy atom. The molecule has 2 aromatic heterocycles. The Hall–Kier alpha value is -0.870. The molecule has 0 aliphatic carbocycles. The summed E-state index contributed by atoms with van der Waals surface area (Å²) in [5.74, 6) is 1.81. The first-order chi connectivity index (χ1) is 14.0. The number of ether oxygens (including phenoxy) is 2. The summed E-state index contributed by atoms with van der Waals surface area (Å²) in [6.07, 6.45) is 0. The van der Waals surface area contributed by atoms with Crippen molar-refractivity contribution in [3.63, 3.8) is 0 Å². The van der Waals surface area contributed by atoms with E-state index in [1.807, 2.05) is 53.9 Å². The van der Waals surface area contributed by atoms with Crippen molar-refractivity contribution in [2.24, 2.45) is 0 Å². The minimum Gasteiger partial charge on any atom is -0.497 e. The van der Waals surface area contributed by atoms with Crippen LogP contribution < -0.4 is 9.47 Å². The van der Waals surface area contributed by atoms with E-state index in [-0.39, 0.29) is 0 Å². The third-order valence-corrected chi connectivity index (χ3v) is 7.35. The van der Waals surface area contributed by atoms with Crippen LogP contribution in [0.4, 0.5) is 0 Å². The van der Waals surface area contributed by atoms with Crippen molar-refractivity contribution >= 4 is 77.1 Å². The lowest BCUT2D eigenvalue weighted by atomic mass is 10.2. The highest BCUT2D eigenvalue weighted by molar-refractivity contribution is 14.1. The first-order valence-corrected chi connectivity index (χ1v) is 12.8. The molecule has 0 bridgehead atoms. The molecule has 2 heterocycles. The summed E-state index contributed by atoms with van der Waals surface area (Å²) < 4.78 is 13.7. The van der Waals surface area contributed by atoms with Gasteiger partial charge in [0.15, 0.2) is 0 Å². The van der Waals surface area contributed by atoms with Gasteiger partial charge in [-0.05, 0) is 132 Å². The van der Waals surface area contributed by atoms with Crippen LogP contribution >= 0.6 is 77.1 Å². The second kappa shape index (κ2) is 13.4. The van der Waals surface area contributed by atoms with Crippen LogP contribution in [0.5, 0.6) is 11.5 Å². The Balaban J connectivity index is 0.000000171. The smallest absolute Gasteiger partial charge is 0.118 e. The molecule has 0 spiro atoms. The third kappa shape index (κ3) is 9.21. The predicted octanol–water partition coefficient (Wildman–Crippen LogP) is 9.00. The molecule has 29 heavy (non-hydrogen) atoms. The minimum absolute atomic E-state index is 0.893. The molecule has 0 fully saturated rings. The number of hydrogen-bond acceptors (Lipinski definition) is 4. The molecule has 0 amide bonds. The van der Waals surface area contributed by atoms with Gasteiger partial charge in [0.05, 0.1) is 21.8 Å². The van der Waals surface area contributed by atoms with E-state index in [2.05, 4.69) is 78.7 Å². The molecule has 0 unspecified atom stereocenters. The Labute approximate surface area is 210 Å². The molecular formula is C22H19Br2IO2S2. The zero-order chi connectivity index (χ0) is 21.1. The Morgan fingerprint density at radius 1 is 0.724 bits per heavy atom. The highest BCUT2D eigenvalue weighted by Crippen LogP contribution is 2.31. The fraction of sp³-hybridized carbons (Fsp3) is 0.0909. The predicted molar refractivity (Wildman–Crippen MR) is 142 cm³/mol. The number of thiophene rings is 2. The van der Waals surface area contributed by atoms with E-state index in [0.29, 0.717) is 0 Å². The molecule has 2 aromatic carbocycles. The summed E-state index contributed by atoms with van der Waals surface area (Å²) in [5, 5.41) is 2.03. The minimum atomic E-state index is 0.893. The topological polar surface area (TPSA) is 18.5 Å². The van der Waals surface area contributed by atoms with Crippen molar-refractivity contribution in [1.82, 2.24) is 0 Å². The van der Waals surface area contributed by atoms with Crippen LogP contribution in [0.3, 0.4) is 0 Å². The number of methoxy groups -OCH3 is 2. The maximum atomic E-state index is 5.10. The van der Waals surface area contributed by atoms with Crippen LogP contribution in [0.1, 0.15) is 0 Å². The summed E-state index contributed by atoms with van der Waals surface area (Å²) in [5.41, 5.74) is 1.22. The van der Waals surface area contributed by atoms with Gasteiger partial charge in [-0.1, -0.05) is 6.07 Å². The fourth-order valence-electron chi connectivity index (χ4n) is 2.05. The quantitative estimate of drug-likeness (QED) is 0.203. The summed E-state index contributed by atoms with van der Waals surface area (Å²) in [4.78, 5) is 1.26. The molecule has 0 saturated heterocycles. The Kier molecular flexibility index (Phi) is 11.3. The second-order valence-electron chi connectivity index (χ2n) is 5.41. The molecule has 7 heteroatoms. The van der Waals surface area contributed by atoms with Gasteiger partial charge in [-0.25, -0.2) is 0 Å². The molecule has 4 rings (SSSR count). The lowest BCUT2D eigenvalue weighted by molar-refractivity contribution is 0.414. The normalized spacial score (nSPS) is 9.55. The SMILES string of the molecule is Brc1cccs1.COc1ccc(-c2ccc(Br)s2)cc1.COc1ccc(I)cc1. The van der Waals surface area contributed by atoms with Crippen molar-refractivity contribution in [1.29, 1.82) is 0 Å². The number of rotatable bonds is 3. The number of benzene rings is 2. The molecule has 0 N–H and O–H groups in total. The van der Waals surface area contributed by atoms with Crippen LogP contribution in [0.15, 0.2) is 85.7 Å². The molecule has 0 saturated carbocycles. The van der Waals surface area contributed by atoms with E-state index in [1.54, 1.807) is 36.9 Å². The van der Waals surface area contributed by atoms with Crippen molar-refractivity contribution in [3.05, 3.63) is 89.3 Å². The molecule has 0 aliphatic heterocycles. The zero-order valence-corrected chi connectivity index (χ0v) is 22.7. The zero-order valence-electron chi connectivity index (χ0n) is 15.8. The molecule has 0 atom stereocenters. The maximum Gasteiger partial charge on any atom is 0.118 e. The molecule has 152 valence electrons. The highest BCUT2D eigenvalue weighted by Gasteiger charge is 2.00. The second-order valence-corrected chi connectivity index (χ2v) is 11.4. The van der Waals surface area contributed by atoms with Gasteiger partial charge in [-0.3, -0.25) is 0 Å². The Morgan fingerprint density at radius 3 is 1.69 bits per heavy atom. The molecule has 0 aliphatic rings. The Bertz CT molecular complexity index is 953. The van der Waals surface area contributed by atoms with E-state index < -0.39 is 0 Å². The number of halogens is 3.